The van der Waals surface area contributed by atoms with Crippen LogP contribution in [0.5, 0.6) is 0 Å². The molecule has 0 spiro atoms. The molecule has 0 radical (unpaired) electrons. The van der Waals surface area contributed by atoms with E-state index < -0.39 is 11.9 Å². The molecule has 0 aliphatic rings. The molecule has 0 aliphatic heterocycles. The molecule has 2 rings (SSSR count). The third-order valence-electron chi connectivity index (χ3n) is 3.76. The number of esters is 1. The summed E-state index contributed by atoms with van der Waals surface area (Å²) in [4.78, 5) is 34.7. The number of aliphatic imine (C=N–C) groups is 1. The van der Waals surface area contributed by atoms with Gasteiger partial charge >= 0.3 is 5.97 Å². The zero-order valence-electron chi connectivity index (χ0n) is 15.8. The van der Waals surface area contributed by atoms with E-state index in [1.54, 1.807) is 29.8 Å². The number of nitrogens with two attached hydrogens (primary N) is 1. The van der Waals surface area contributed by atoms with E-state index in [1.807, 2.05) is 18.9 Å². The minimum Gasteiger partial charge on any atom is -0.462 e. The van der Waals surface area contributed by atoms with Crippen LogP contribution in [0.25, 0.3) is 5.65 Å². The van der Waals surface area contributed by atoms with Gasteiger partial charge in [0.2, 0.25) is 5.95 Å². The van der Waals surface area contributed by atoms with Gasteiger partial charge in [-0.3, -0.25) is 9.79 Å². The molecule has 0 fully saturated rings. The van der Waals surface area contributed by atoms with Crippen molar-refractivity contribution in [3.63, 3.8) is 0 Å². The van der Waals surface area contributed by atoms with Gasteiger partial charge in [0.1, 0.15) is 11.3 Å². The second kappa shape index (κ2) is 8.79. The summed E-state index contributed by atoms with van der Waals surface area (Å²) in [6, 6.07) is 3.33. The van der Waals surface area contributed by atoms with E-state index in [0.717, 1.165) is 12.7 Å². The predicted octanol–water partition coefficient (Wildman–Crippen LogP) is 0.600. The van der Waals surface area contributed by atoms with Crippen LogP contribution >= 0.6 is 0 Å². The average molecular weight is 373 g/mol. The van der Waals surface area contributed by atoms with Gasteiger partial charge in [0, 0.05) is 44.8 Å². The molecule has 0 unspecified atom stereocenters. The number of fused-ring (bicyclic) bond motifs is 1. The number of anilines is 2. The van der Waals surface area contributed by atoms with Crippen molar-refractivity contribution in [1.29, 1.82) is 0 Å². The molecule has 10 heteroatoms. The van der Waals surface area contributed by atoms with E-state index >= 15 is 0 Å². The van der Waals surface area contributed by atoms with Gasteiger partial charge < -0.3 is 20.7 Å². The number of ether oxygens (including phenoxy) is 1. The van der Waals surface area contributed by atoms with Gasteiger partial charge in [0.15, 0.2) is 5.65 Å². The summed E-state index contributed by atoms with van der Waals surface area (Å²) in [6.45, 7) is 4.58. The van der Waals surface area contributed by atoms with Crippen LogP contribution in [0.1, 0.15) is 13.8 Å². The molecule has 2 aromatic rings. The fourth-order valence-electron chi connectivity index (χ4n) is 2.24. The summed E-state index contributed by atoms with van der Waals surface area (Å²) < 4.78 is 6.50. The molecule has 144 valence electrons. The normalized spacial score (nSPS) is 12.1. The van der Waals surface area contributed by atoms with Crippen molar-refractivity contribution >= 4 is 34.9 Å². The highest BCUT2D eigenvalue weighted by atomic mass is 16.5. The van der Waals surface area contributed by atoms with Crippen molar-refractivity contribution in [1.82, 2.24) is 14.6 Å². The summed E-state index contributed by atoms with van der Waals surface area (Å²) in [6.07, 6.45) is 2.69. The Kier molecular flexibility index (Phi) is 6.47. The highest BCUT2D eigenvalue weighted by Crippen LogP contribution is 2.15. The Labute approximate surface area is 156 Å². The Bertz CT molecular complexity index is 901. The minimum absolute atomic E-state index is 0.104. The molecule has 0 atom stereocenters. The molecule has 1 amide bonds. The first-order valence-corrected chi connectivity index (χ1v) is 8.40. The number of hydrogen-bond acceptors (Lipinski definition) is 8. The van der Waals surface area contributed by atoms with Crippen molar-refractivity contribution in [2.24, 2.45) is 10.7 Å². The number of nitrogens with one attached hydrogen (secondary N) is 1. The molecule has 0 aliphatic carbocycles. The van der Waals surface area contributed by atoms with Crippen molar-refractivity contribution in [2.75, 3.05) is 37.5 Å². The van der Waals surface area contributed by atoms with E-state index in [4.69, 9.17) is 10.5 Å². The van der Waals surface area contributed by atoms with Crippen LogP contribution in [0, 0.1) is 0 Å². The Morgan fingerprint density at radius 2 is 2.19 bits per heavy atom. The van der Waals surface area contributed by atoms with Crippen molar-refractivity contribution < 1.29 is 14.3 Å². The van der Waals surface area contributed by atoms with Crippen LogP contribution in [-0.4, -0.2) is 59.4 Å². The van der Waals surface area contributed by atoms with Crippen molar-refractivity contribution in [2.45, 2.75) is 13.8 Å². The second-order valence-corrected chi connectivity index (χ2v) is 5.47. The maximum atomic E-state index is 12.6. The molecule has 2 heterocycles. The summed E-state index contributed by atoms with van der Waals surface area (Å²) in [5.41, 5.74) is 6.30. The smallest absolute Gasteiger partial charge is 0.342 e. The lowest BCUT2D eigenvalue weighted by atomic mass is 10.1. The van der Waals surface area contributed by atoms with Crippen LogP contribution in [0.2, 0.25) is 0 Å². The van der Waals surface area contributed by atoms with Gasteiger partial charge in [0.05, 0.1) is 6.61 Å². The Morgan fingerprint density at radius 1 is 1.44 bits per heavy atom. The zero-order chi connectivity index (χ0) is 20.0. The first-order chi connectivity index (χ1) is 12.9. The number of aromatic nitrogens is 3. The number of nitrogens with zero attached hydrogens (tertiary/aromatic N) is 5. The van der Waals surface area contributed by atoms with Gasteiger partial charge in [-0.05, 0) is 19.9 Å². The lowest BCUT2D eigenvalue weighted by Crippen LogP contribution is -2.29. The Balaban J connectivity index is 2.24. The third kappa shape index (κ3) is 4.40. The van der Waals surface area contributed by atoms with Crippen molar-refractivity contribution in [3.05, 3.63) is 30.1 Å². The summed E-state index contributed by atoms with van der Waals surface area (Å²) in [5.74, 6) is -0.722. The predicted molar refractivity (Wildman–Crippen MR) is 103 cm³/mol. The average Bonchev–Trinajstić information content (AvgIpc) is 3.08. The maximum absolute atomic E-state index is 12.6. The number of carbonyl (C=O) groups is 2. The Hall–Kier alpha value is -3.43. The number of rotatable bonds is 7. The Morgan fingerprint density at radius 3 is 2.78 bits per heavy atom. The summed E-state index contributed by atoms with van der Waals surface area (Å²) in [7, 11) is 3.28. The second-order valence-electron chi connectivity index (χ2n) is 5.47. The first-order valence-electron chi connectivity index (χ1n) is 8.40. The zero-order valence-corrected chi connectivity index (χ0v) is 15.8. The van der Waals surface area contributed by atoms with E-state index in [2.05, 4.69) is 20.4 Å². The molecule has 10 nitrogen and oxygen atoms in total. The van der Waals surface area contributed by atoms with Gasteiger partial charge in [-0.1, -0.05) is 0 Å². The fraction of sp³-hybridized carbons (Fsp3) is 0.353. The van der Waals surface area contributed by atoms with E-state index in [0.29, 0.717) is 17.3 Å². The molecule has 0 aromatic carbocycles. The number of amides is 1. The van der Waals surface area contributed by atoms with E-state index in [1.165, 1.54) is 7.05 Å². The topological polar surface area (TPSA) is 127 Å². The largest absolute Gasteiger partial charge is 0.462 e. The number of hydrogen-bond donors (Lipinski definition) is 2. The number of pyridine rings is 1. The SMILES string of the molecule is CCOC(=O)C(=CN)C(=NC)C(=O)Nc1ccn2nc(N(C)CC)nc2c1. The van der Waals surface area contributed by atoms with Gasteiger partial charge in [-0.15, -0.1) is 5.10 Å². The fourth-order valence-corrected chi connectivity index (χ4v) is 2.24. The monoisotopic (exact) mass is 373 g/mol. The quantitative estimate of drug-likeness (QED) is 0.413. The summed E-state index contributed by atoms with van der Waals surface area (Å²) >= 11 is 0. The highest BCUT2D eigenvalue weighted by molar-refractivity contribution is 6.53. The molecular weight excluding hydrogens is 350 g/mol. The third-order valence-corrected chi connectivity index (χ3v) is 3.76. The molecule has 3 N–H and O–H groups in total. The standard InChI is InChI=1S/C17H23N7O3/c1-5-23(4)17-21-13-9-11(7-8-24(13)22-17)20-15(25)14(19-3)12(10-18)16(26)27-6-2/h7-10H,5-6,18H2,1-4H3,(H,20,25). The molecule has 2 aromatic heterocycles. The van der Waals surface area contributed by atoms with Crippen LogP contribution in [0.4, 0.5) is 11.6 Å². The molecular formula is C17H23N7O3. The molecule has 27 heavy (non-hydrogen) atoms. The molecule has 0 saturated heterocycles. The van der Waals surface area contributed by atoms with Crippen LogP contribution in [0.3, 0.4) is 0 Å². The van der Waals surface area contributed by atoms with Crippen LogP contribution < -0.4 is 16.0 Å². The maximum Gasteiger partial charge on any atom is 0.342 e. The summed E-state index contributed by atoms with van der Waals surface area (Å²) in [5, 5.41) is 7.03. The van der Waals surface area contributed by atoms with Gasteiger partial charge in [-0.2, -0.15) is 4.98 Å². The van der Waals surface area contributed by atoms with Gasteiger partial charge in [-0.25, -0.2) is 9.31 Å². The van der Waals surface area contributed by atoms with Crippen LogP contribution in [-0.2, 0) is 14.3 Å². The van der Waals surface area contributed by atoms with Crippen LogP contribution in [0.15, 0.2) is 35.1 Å². The van der Waals surface area contributed by atoms with E-state index in [-0.39, 0.29) is 17.9 Å². The first kappa shape index (κ1) is 19.9. The van der Waals surface area contributed by atoms with Gasteiger partial charge in [0.25, 0.3) is 5.91 Å². The minimum atomic E-state index is -0.712. The molecule has 0 bridgehead atoms. The lowest BCUT2D eigenvalue weighted by Gasteiger charge is -2.10. The lowest BCUT2D eigenvalue weighted by molar-refractivity contribution is -0.138. The molecule has 0 saturated carbocycles. The highest BCUT2D eigenvalue weighted by Gasteiger charge is 2.23. The van der Waals surface area contributed by atoms with E-state index in [9.17, 15) is 9.59 Å². The number of carbonyl (C=O) groups excluding carboxylic acids is 2. The van der Waals surface area contributed by atoms with Crippen molar-refractivity contribution in [3.8, 4) is 0 Å².